The summed E-state index contributed by atoms with van der Waals surface area (Å²) in [5.41, 5.74) is -0.0591. The predicted molar refractivity (Wildman–Crippen MR) is 118 cm³/mol. The minimum atomic E-state index is -0.590. The Hall–Kier alpha value is -3.04. The first kappa shape index (κ1) is 20.2. The van der Waals surface area contributed by atoms with Gasteiger partial charge in [-0.05, 0) is 36.8 Å². The van der Waals surface area contributed by atoms with E-state index in [1.54, 1.807) is 30.5 Å². The summed E-state index contributed by atoms with van der Waals surface area (Å²) < 4.78 is 21.6. The van der Waals surface area contributed by atoms with Crippen molar-refractivity contribution in [3.05, 3.63) is 75.3 Å². The number of hydrogen-bond acceptors (Lipinski definition) is 6. The first-order valence-corrected chi connectivity index (χ1v) is 10.4. The standard InChI is InChI=1S/C21H16FN3O3S2/c1-2-10-25-20(27)16(30-21(25)29)12-13-18(28-15-8-4-3-7-14(15)22)23-17-9-5-6-11-24(17)19(13)26/h3-9,11-12H,2,10H2,1H3/b16-12+. The van der Waals surface area contributed by atoms with Crippen LogP contribution in [0.1, 0.15) is 18.9 Å². The summed E-state index contributed by atoms with van der Waals surface area (Å²) in [5.74, 6) is -1.02. The van der Waals surface area contributed by atoms with Gasteiger partial charge in [-0.15, -0.1) is 0 Å². The highest BCUT2D eigenvalue weighted by Gasteiger charge is 2.32. The maximum atomic E-state index is 14.1. The van der Waals surface area contributed by atoms with Crippen LogP contribution in [0, 0.1) is 5.82 Å². The zero-order valence-electron chi connectivity index (χ0n) is 15.9. The Morgan fingerprint density at radius 3 is 2.73 bits per heavy atom. The maximum absolute atomic E-state index is 14.1. The molecule has 1 saturated heterocycles. The molecule has 1 aromatic carbocycles. The average molecular weight is 442 g/mol. The van der Waals surface area contributed by atoms with Gasteiger partial charge in [-0.1, -0.05) is 49.1 Å². The molecule has 9 heteroatoms. The van der Waals surface area contributed by atoms with E-state index in [0.29, 0.717) is 21.4 Å². The van der Waals surface area contributed by atoms with E-state index in [1.165, 1.54) is 33.6 Å². The Morgan fingerprint density at radius 2 is 1.97 bits per heavy atom. The molecule has 0 saturated carbocycles. The minimum Gasteiger partial charge on any atom is -0.435 e. The van der Waals surface area contributed by atoms with E-state index in [2.05, 4.69) is 4.98 Å². The van der Waals surface area contributed by atoms with Crippen molar-refractivity contribution in [3.8, 4) is 11.6 Å². The fourth-order valence-corrected chi connectivity index (χ4v) is 4.25. The van der Waals surface area contributed by atoms with Crippen LogP contribution in [-0.2, 0) is 4.79 Å². The third kappa shape index (κ3) is 3.73. The highest BCUT2D eigenvalue weighted by molar-refractivity contribution is 8.26. The zero-order valence-corrected chi connectivity index (χ0v) is 17.5. The van der Waals surface area contributed by atoms with E-state index in [-0.39, 0.29) is 23.1 Å². The molecule has 6 nitrogen and oxygen atoms in total. The van der Waals surface area contributed by atoms with Gasteiger partial charge in [-0.3, -0.25) is 18.9 Å². The maximum Gasteiger partial charge on any atom is 0.269 e. The molecule has 0 bridgehead atoms. The lowest BCUT2D eigenvalue weighted by Crippen LogP contribution is -2.28. The summed E-state index contributed by atoms with van der Waals surface area (Å²) in [4.78, 5) is 32.0. The van der Waals surface area contributed by atoms with E-state index in [9.17, 15) is 14.0 Å². The summed E-state index contributed by atoms with van der Waals surface area (Å²) in [6.45, 7) is 2.44. The number of carbonyl (C=O) groups excluding carboxylic acids is 1. The van der Waals surface area contributed by atoms with Crippen molar-refractivity contribution in [2.45, 2.75) is 13.3 Å². The van der Waals surface area contributed by atoms with Gasteiger partial charge in [0.15, 0.2) is 11.6 Å². The molecular formula is C21H16FN3O3S2. The van der Waals surface area contributed by atoms with Crippen molar-refractivity contribution in [2.75, 3.05) is 6.54 Å². The molecule has 30 heavy (non-hydrogen) atoms. The van der Waals surface area contributed by atoms with E-state index >= 15 is 0 Å². The molecule has 2 aromatic heterocycles. The number of para-hydroxylation sites is 1. The summed E-state index contributed by atoms with van der Waals surface area (Å²) in [7, 11) is 0. The van der Waals surface area contributed by atoms with Gasteiger partial charge in [0, 0.05) is 12.7 Å². The summed E-state index contributed by atoms with van der Waals surface area (Å²) >= 11 is 6.40. The zero-order chi connectivity index (χ0) is 21.3. The molecule has 1 aliphatic heterocycles. The lowest BCUT2D eigenvalue weighted by atomic mass is 10.2. The van der Waals surface area contributed by atoms with Crippen LogP contribution in [-0.4, -0.2) is 31.1 Å². The molecular weight excluding hydrogens is 425 g/mol. The molecule has 0 spiro atoms. The molecule has 1 aliphatic rings. The molecule has 0 aliphatic carbocycles. The topological polar surface area (TPSA) is 63.9 Å². The normalized spacial score (nSPS) is 15.4. The highest BCUT2D eigenvalue weighted by atomic mass is 32.2. The van der Waals surface area contributed by atoms with Crippen molar-refractivity contribution in [2.24, 2.45) is 0 Å². The number of benzene rings is 1. The van der Waals surface area contributed by atoms with Crippen LogP contribution in [0.2, 0.25) is 0 Å². The second-order valence-electron chi connectivity index (χ2n) is 6.43. The fraction of sp³-hybridized carbons (Fsp3) is 0.143. The molecule has 0 radical (unpaired) electrons. The number of nitrogens with zero attached hydrogens (tertiary/aromatic N) is 3. The second-order valence-corrected chi connectivity index (χ2v) is 8.11. The van der Waals surface area contributed by atoms with E-state index in [0.717, 1.165) is 18.2 Å². The van der Waals surface area contributed by atoms with Crippen molar-refractivity contribution in [1.82, 2.24) is 14.3 Å². The van der Waals surface area contributed by atoms with Crippen LogP contribution in [0.15, 0.2) is 58.4 Å². The fourth-order valence-electron chi connectivity index (χ4n) is 2.96. The van der Waals surface area contributed by atoms with Crippen LogP contribution in [0.3, 0.4) is 0 Å². The molecule has 0 unspecified atom stereocenters. The van der Waals surface area contributed by atoms with E-state index < -0.39 is 11.4 Å². The molecule has 4 rings (SSSR count). The SMILES string of the molecule is CCCN1C(=O)/C(=C\c2c(Oc3ccccc3F)nc3ccccn3c2=O)SC1=S. The Labute approximate surface area is 181 Å². The van der Waals surface area contributed by atoms with E-state index in [1.807, 2.05) is 6.92 Å². The quantitative estimate of drug-likeness (QED) is 0.436. The number of amides is 1. The predicted octanol–water partition coefficient (Wildman–Crippen LogP) is 4.24. The third-order valence-electron chi connectivity index (χ3n) is 4.37. The van der Waals surface area contributed by atoms with Gasteiger partial charge in [-0.2, -0.15) is 4.98 Å². The average Bonchev–Trinajstić information content (AvgIpc) is 3.00. The van der Waals surface area contributed by atoms with Crippen molar-refractivity contribution >= 4 is 45.9 Å². The Bertz CT molecular complexity index is 1260. The lowest BCUT2D eigenvalue weighted by molar-refractivity contribution is -0.122. The Kier molecular flexibility index (Phi) is 5.65. The minimum absolute atomic E-state index is 0.0407. The molecule has 1 amide bonds. The summed E-state index contributed by atoms with van der Waals surface area (Å²) in [5, 5.41) is 0. The van der Waals surface area contributed by atoms with Gasteiger partial charge >= 0.3 is 0 Å². The van der Waals surface area contributed by atoms with Crippen LogP contribution in [0.4, 0.5) is 4.39 Å². The van der Waals surface area contributed by atoms with Crippen molar-refractivity contribution < 1.29 is 13.9 Å². The molecule has 152 valence electrons. The number of rotatable bonds is 5. The number of thioether (sulfide) groups is 1. The van der Waals surface area contributed by atoms with Gasteiger partial charge in [0.1, 0.15) is 15.5 Å². The number of carbonyl (C=O) groups is 1. The van der Waals surface area contributed by atoms with Gasteiger partial charge in [0.25, 0.3) is 11.5 Å². The van der Waals surface area contributed by atoms with Gasteiger partial charge in [0.05, 0.1) is 4.91 Å². The van der Waals surface area contributed by atoms with Crippen molar-refractivity contribution in [3.63, 3.8) is 0 Å². The first-order valence-electron chi connectivity index (χ1n) is 9.18. The Morgan fingerprint density at radius 1 is 1.20 bits per heavy atom. The molecule has 1 fully saturated rings. The van der Waals surface area contributed by atoms with Crippen LogP contribution in [0.25, 0.3) is 11.7 Å². The number of thiocarbonyl (C=S) groups is 1. The number of hydrogen-bond donors (Lipinski definition) is 0. The monoisotopic (exact) mass is 441 g/mol. The Balaban J connectivity index is 1.87. The van der Waals surface area contributed by atoms with Crippen molar-refractivity contribution in [1.29, 1.82) is 0 Å². The summed E-state index contributed by atoms with van der Waals surface area (Å²) in [6.07, 6.45) is 3.73. The number of halogens is 1. The smallest absolute Gasteiger partial charge is 0.269 e. The molecule has 3 heterocycles. The van der Waals surface area contributed by atoms with Crippen LogP contribution in [0.5, 0.6) is 11.6 Å². The molecule has 0 atom stereocenters. The second kappa shape index (κ2) is 8.37. The van der Waals surface area contributed by atoms with Crippen LogP contribution < -0.4 is 10.3 Å². The molecule has 3 aromatic rings. The third-order valence-corrected chi connectivity index (χ3v) is 5.75. The van der Waals surface area contributed by atoms with E-state index in [4.69, 9.17) is 17.0 Å². The number of fused-ring (bicyclic) bond motifs is 1. The van der Waals surface area contributed by atoms with Gasteiger partial charge in [-0.25, -0.2) is 4.39 Å². The van der Waals surface area contributed by atoms with Gasteiger partial charge in [0.2, 0.25) is 5.88 Å². The summed E-state index contributed by atoms with van der Waals surface area (Å²) in [6, 6.07) is 10.9. The first-order chi connectivity index (χ1) is 14.5. The van der Waals surface area contributed by atoms with Crippen LogP contribution >= 0.6 is 24.0 Å². The lowest BCUT2D eigenvalue weighted by Gasteiger charge is -2.12. The number of pyridine rings is 1. The largest absolute Gasteiger partial charge is 0.435 e. The number of ether oxygens (including phenoxy) is 1. The van der Waals surface area contributed by atoms with Gasteiger partial charge < -0.3 is 4.74 Å². The number of aromatic nitrogens is 2. The molecule has 0 N–H and O–H groups in total. The highest BCUT2D eigenvalue weighted by Crippen LogP contribution is 2.34.